The minimum atomic E-state index is -1.56. The second-order valence-corrected chi connectivity index (χ2v) is 6.69. The Labute approximate surface area is 129 Å². The Morgan fingerprint density at radius 1 is 1.42 bits per heavy atom. The van der Waals surface area contributed by atoms with E-state index in [1.54, 1.807) is 6.92 Å². The van der Waals surface area contributed by atoms with Crippen molar-refractivity contribution in [1.29, 1.82) is 0 Å². The number of esters is 1. The molecule has 0 fully saturated rings. The Morgan fingerprint density at radius 2 is 2.11 bits per heavy atom. The molecule has 5 nitrogen and oxygen atoms in total. The summed E-state index contributed by atoms with van der Waals surface area (Å²) in [4.78, 5) is 26.9. The van der Waals surface area contributed by atoms with Crippen LogP contribution >= 0.6 is 46.1 Å². The van der Waals surface area contributed by atoms with E-state index in [2.05, 4.69) is 10.3 Å². The lowest BCUT2D eigenvalue weighted by Gasteiger charge is -2.05. The number of halogens is 3. The van der Waals surface area contributed by atoms with Crippen LogP contribution in [0.4, 0.5) is 5.13 Å². The molecule has 0 saturated carbocycles. The molecule has 19 heavy (non-hydrogen) atoms. The molecular weight excluding hydrogens is 335 g/mol. The predicted octanol–water partition coefficient (Wildman–Crippen LogP) is 3.25. The van der Waals surface area contributed by atoms with Crippen LogP contribution in [-0.2, 0) is 18.1 Å². The Balaban J connectivity index is 2.45. The van der Waals surface area contributed by atoms with Gasteiger partial charge in [0.2, 0.25) is 9.70 Å². The van der Waals surface area contributed by atoms with Crippen LogP contribution in [0.1, 0.15) is 24.6 Å². The van der Waals surface area contributed by atoms with E-state index in [0.717, 1.165) is 11.3 Å². The van der Waals surface area contributed by atoms with Gasteiger partial charge in [0, 0.05) is 12.6 Å². The normalized spacial score (nSPS) is 11.2. The molecular formula is C10H11Cl3N2O3S. The van der Waals surface area contributed by atoms with E-state index in [-0.39, 0.29) is 18.7 Å². The molecule has 1 rings (SSSR count). The summed E-state index contributed by atoms with van der Waals surface area (Å²) >= 11 is 18.1. The monoisotopic (exact) mass is 344 g/mol. The van der Waals surface area contributed by atoms with Crippen LogP contribution in [-0.4, -0.2) is 23.5 Å². The molecule has 1 heterocycles. The molecule has 9 heteroatoms. The molecule has 0 atom stereocenters. The van der Waals surface area contributed by atoms with Crippen molar-refractivity contribution >= 4 is 63.1 Å². The van der Waals surface area contributed by atoms with Crippen molar-refractivity contribution in [2.24, 2.45) is 0 Å². The molecule has 1 aromatic rings. The maximum absolute atomic E-state index is 11.5. The molecule has 0 radical (unpaired) electrons. The quantitative estimate of drug-likeness (QED) is 0.657. The number of ether oxygens (including phenoxy) is 1. The SMILES string of the molecule is CCOC(=O)CCC(=O)Nc1ncc(C(Cl)(Cl)Cl)s1. The van der Waals surface area contributed by atoms with Crippen molar-refractivity contribution < 1.29 is 14.3 Å². The van der Waals surface area contributed by atoms with E-state index < -0.39 is 9.76 Å². The highest BCUT2D eigenvalue weighted by molar-refractivity contribution is 7.17. The van der Waals surface area contributed by atoms with Crippen molar-refractivity contribution in [3.05, 3.63) is 11.1 Å². The van der Waals surface area contributed by atoms with Crippen molar-refractivity contribution in [2.75, 3.05) is 11.9 Å². The molecule has 1 N–H and O–H groups in total. The zero-order chi connectivity index (χ0) is 14.5. The van der Waals surface area contributed by atoms with Crippen molar-refractivity contribution in [2.45, 2.75) is 23.6 Å². The number of aromatic nitrogens is 1. The highest BCUT2D eigenvalue weighted by Crippen LogP contribution is 2.41. The Kier molecular flexibility index (Phi) is 6.32. The zero-order valence-corrected chi connectivity index (χ0v) is 13.0. The van der Waals surface area contributed by atoms with Crippen LogP contribution in [0.25, 0.3) is 0 Å². The summed E-state index contributed by atoms with van der Waals surface area (Å²) in [6.07, 6.45) is 1.41. The predicted molar refractivity (Wildman–Crippen MR) is 75.8 cm³/mol. The first-order valence-electron chi connectivity index (χ1n) is 5.31. The molecule has 0 aromatic carbocycles. The van der Waals surface area contributed by atoms with Gasteiger partial charge in [0.15, 0.2) is 5.13 Å². The Morgan fingerprint density at radius 3 is 2.63 bits per heavy atom. The zero-order valence-electron chi connectivity index (χ0n) is 9.91. The number of nitrogens with zero attached hydrogens (tertiary/aromatic N) is 1. The molecule has 1 aromatic heterocycles. The maximum atomic E-state index is 11.5. The number of anilines is 1. The van der Waals surface area contributed by atoms with E-state index in [4.69, 9.17) is 39.5 Å². The first kappa shape index (κ1) is 16.5. The van der Waals surface area contributed by atoms with Crippen LogP contribution in [0, 0.1) is 0 Å². The Hall–Kier alpha value is -0.560. The third-order valence-corrected chi connectivity index (χ3v) is 3.87. The average molecular weight is 346 g/mol. The first-order chi connectivity index (χ1) is 8.82. The fraction of sp³-hybridized carbons (Fsp3) is 0.500. The van der Waals surface area contributed by atoms with Gasteiger partial charge in [-0.15, -0.1) is 0 Å². The highest BCUT2D eigenvalue weighted by atomic mass is 35.6. The van der Waals surface area contributed by atoms with Crippen LogP contribution < -0.4 is 5.32 Å². The smallest absolute Gasteiger partial charge is 0.306 e. The molecule has 106 valence electrons. The minimum Gasteiger partial charge on any atom is -0.466 e. The van der Waals surface area contributed by atoms with Gasteiger partial charge in [-0.25, -0.2) is 4.98 Å². The summed E-state index contributed by atoms with van der Waals surface area (Å²) in [5.74, 6) is -0.767. The van der Waals surface area contributed by atoms with Gasteiger partial charge in [-0.1, -0.05) is 46.1 Å². The summed E-state index contributed by atoms with van der Waals surface area (Å²) in [5.41, 5.74) is 0. The van der Waals surface area contributed by atoms with E-state index in [9.17, 15) is 9.59 Å². The van der Waals surface area contributed by atoms with Gasteiger partial charge in [-0.3, -0.25) is 9.59 Å². The van der Waals surface area contributed by atoms with Crippen molar-refractivity contribution in [1.82, 2.24) is 4.98 Å². The van der Waals surface area contributed by atoms with Crippen molar-refractivity contribution in [3.63, 3.8) is 0 Å². The topological polar surface area (TPSA) is 68.3 Å². The van der Waals surface area contributed by atoms with Crippen LogP contribution in [0.3, 0.4) is 0 Å². The molecule has 0 aliphatic heterocycles. The number of amides is 1. The second-order valence-electron chi connectivity index (χ2n) is 3.38. The molecule has 0 spiro atoms. The van der Waals surface area contributed by atoms with Crippen LogP contribution in [0.5, 0.6) is 0 Å². The number of hydrogen-bond acceptors (Lipinski definition) is 5. The van der Waals surface area contributed by atoms with Gasteiger partial charge in [-0.2, -0.15) is 0 Å². The second kappa shape index (κ2) is 7.28. The fourth-order valence-electron chi connectivity index (χ4n) is 1.09. The maximum Gasteiger partial charge on any atom is 0.306 e. The molecule has 1 amide bonds. The van der Waals surface area contributed by atoms with Gasteiger partial charge in [0.1, 0.15) is 0 Å². The number of carbonyl (C=O) groups excluding carboxylic acids is 2. The summed E-state index contributed by atoms with van der Waals surface area (Å²) in [5, 5.41) is 2.83. The number of rotatable bonds is 5. The molecule has 0 aliphatic carbocycles. The fourth-order valence-corrected chi connectivity index (χ4v) is 2.29. The summed E-state index contributed by atoms with van der Waals surface area (Å²) in [6, 6.07) is 0. The lowest BCUT2D eigenvalue weighted by atomic mass is 10.3. The summed E-state index contributed by atoms with van der Waals surface area (Å²) in [7, 11) is 0. The van der Waals surface area contributed by atoms with Crippen LogP contribution in [0.15, 0.2) is 6.20 Å². The minimum absolute atomic E-state index is 0.0154. The van der Waals surface area contributed by atoms with Crippen molar-refractivity contribution in [3.8, 4) is 0 Å². The number of alkyl halides is 3. The summed E-state index contributed by atoms with van der Waals surface area (Å²) in [6.45, 7) is 1.99. The lowest BCUT2D eigenvalue weighted by molar-refractivity contribution is -0.144. The van der Waals surface area contributed by atoms with Gasteiger partial charge in [0.05, 0.1) is 17.9 Å². The van der Waals surface area contributed by atoms with Gasteiger partial charge < -0.3 is 10.1 Å². The molecule has 0 aliphatic rings. The standard InChI is InChI=1S/C10H11Cl3N2O3S/c1-2-18-8(17)4-3-7(16)15-9-14-5-6(19-9)10(11,12)13/h5H,2-4H2,1H3,(H,14,15,16). The summed E-state index contributed by atoms with van der Waals surface area (Å²) < 4.78 is 3.14. The van der Waals surface area contributed by atoms with E-state index >= 15 is 0 Å². The highest BCUT2D eigenvalue weighted by Gasteiger charge is 2.26. The van der Waals surface area contributed by atoms with E-state index in [1.807, 2.05) is 0 Å². The van der Waals surface area contributed by atoms with E-state index in [0.29, 0.717) is 16.6 Å². The number of carbonyl (C=O) groups is 2. The molecule has 0 unspecified atom stereocenters. The number of thiazole rings is 1. The average Bonchev–Trinajstić information content (AvgIpc) is 2.75. The van der Waals surface area contributed by atoms with E-state index in [1.165, 1.54) is 6.20 Å². The third kappa shape index (κ3) is 5.95. The lowest BCUT2D eigenvalue weighted by Crippen LogP contribution is -2.14. The molecule has 0 saturated heterocycles. The van der Waals surface area contributed by atoms with Gasteiger partial charge >= 0.3 is 5.97 Å². The van der Waals surface area contributed by atoms with Gasteiger partial charge in [0.25, 0.3) is 0 Å². The molecule has 0 bridgehead atoms. The third-order valence-electron chi connectivity index (χ3n) is 1.89. The van der Waals surface area contributed by atoms with Gasteiger partial charge in [-0.05, 0) is 6.92 Å². The van der Waals surface area contributed by atoms with Crippen LogP contribution in [0.2, 0.25) is 0 Å². The first-order valence-corrected chi connectivity index (χ1v) is 7.26. The number of nitrogens with one attached hydrogen (secondary N) is 1. The Bertz CT molecular complexity index is 459. The largest absolute Gasteiger partial charge is 0.466 e. The number of hydrogen-bond donors (Lipinski definition) is 1.